The van der Waals surface area contributed by atoms with Crippen molar-refractivity contribution in [1.82, 2.24) is 0 Å². The summed E-state index contributed by atoms with van der Waals surface area (Å²) in [4.78, 5) is 35.9. The standard InChI is InChI=1S/C27H23NO5/c29-18-22-17-25(30)23-10-6-11-24(26(23)33-22)28-27(31)20-12-14-21(15-13-20)32-16-5-4-9-19-7-2-1-3-8-19/h1-3,6-8,10-15,17-18H,4-5,9,16H2,(H,28,31). The monoisotopic (exact) mass is 441 g/mol. The number of rotatable bonds is 9. The van der Waals surface area contributed by atoms with Crippen LogP contribution in [0.5, 0.6) is 5.75 Å². The van der Waals surface area contributed by atoms with Crippen LogP contribution in [0, 0.1) is 0 Å². The van der Waals surface area contributed by atoms with E-state index in [9.17, 15) is 14.4 Å². The topological polar surface area (TPSA) is 85.6 Å². The molecule has 0 aliphatic rings. The van der Waals surface area contributed by atoms with Gasteiger partial charge in [0.1, 0.15) is 5.75 Å². The van der Waals surface area contributed by atoms with Crippen molar-refractivity contribution in [3.05, 3.63) is 106 Å². The van der Waals surface area contributed by atoms with E-state index in [2.05, 4.69) is 17.4 Å². The fourth-order valence-corrected chi connectivity index (χ4v) is 3.51. The predicted octanol–water partition coefficient (Wildman–Crippen LogP) is 5.26. The van der Waals surface area contributed by atoms with Crippen molar-refractivity contribution in [2.75, 3.05) is 11.9 Å². The van der Waals surface area contributed by atoms with E-state index in [4.69, 9.17) is 9.15 Å². The van der Waals surface area contributed by atoms with Gasteiger partial charge >= 0.3 is 0 Å². The predicted molar refractivity (Wildman–Crippen MR) is 127 cm³/mol. The number of carbonyl (C=O) groups excluding carboxylic acids is 2. The molecule has 4 aromatic rings. The molecule has 0 saturated carbocycles. The molecule has 0 aliphatic carbocycles. The minimum absolute atomic E-state index is 0.0977. The second-order valence-electron chi connectivity index (χ2n) is 7.58. The van der Waals surface area contributed by atoms with Gasteiger partial charge in [0.2, 0.25) is 0 Å². The Morgan fingerprint density at radius 2 is 1.73 bits per heavy atom. The molecule has 0 aliphatic heterocycles. The van der Waals surface area contributed by atoms with Gasteiger partial charge in [-0.1, -0.05) is 36.4 Å². The van der Waals surface area contributed by atoms with Gasteiger partial charge in [0.25, 0.3) is 5.91 Å². The first-order chi connectivity index (χ1) is 16.1. The molecule has 1 N–H and O–H groups in total. The van der Waals surface area contributed by atoms with Crippen LogP contribution < -0.4 is 15.5 Å². The number of nitrogens with one attached hydrogen (secondary N) is 1. The summed E-state index contributed by atoms with van der Waals surface area (Å²) in [5, 5.41) is 3.03. The molecule has 0 atom stereocenters. The fourth-order valence-electron chi connectivity index (χ4n) is 3.51. The molecule has 6 heteroatoms. The highest BCUT2D eigenvalue weighted by Crippen LogP contribution is 2.23. The van der Waals surface area contributed by atoms with Crippen LogP contribution in [0.25, 0.3) is 11.0 Å². The van der Waals surface area contributed by atoms with Gasteiger partial charge in [-0.25, -0.2) is 0 Å². The van der Waals surface area contributed by atoms with Crippen LogP contribution in [0.15, 0.2) is 88.1 Å². The zero-order valence-corrected chi connectivity index (χ0v) is 18.0. The highest BCUT2D eigenvalue weighted by Gasteiger charge is 2.13. The Kier molecular flexibility index (Phi) is 6.95. The van der Waals surface area contributed by atoms with E-state index in [1.165, 1.54) is 5.56 Å². The SMILES string of the molecule is O=Cc1cc(=O)c2cccc(NC(=O)c3ccc(OCCCCc4ccccc4)cc3)c2o1. The number of unbranched alkanes of at least 4 members (excludes halogenated alkanes) is 1. The van der Waals surface area contributed by atoms with E-state index in [0.717, 1.165) is 25.3 Å². The number of anilines is 1. The second kappa shape index (κ2) is 10.4. The summed E-state index contributed by atoms with van der Waals surface area (Å²) < 4.78 is 11.2. The third-order valence-electron chi connectivity index (χ3n) is 5.23. The van der Waals surface area contributed by atoms with Crippen molar-refractivity contribution in [2.24, 2.45) is 0 Å². The van der Waals surface area contributed by atoms with Gasteiger partial charge in [-0.05, 0) is 61.2 Å². The maximum atomic E-state index is 12.7. The molecule has 0 bridgehead atoms. The molecular formula is C27H23NO5. The maximum Gasteiger partial charge on any atom is 0.255 e. The Morgan fingerprint density at radius 3 is 2.48 bits per heavy atom. The van der Waals surface area contributed by atoms with E-state index in [1.54, 1.807) is 42.5 Å². The molecule has 0 unspecified atom stereocenters. The fraction of sp³-hybridized carbons (Fsp3) is 0.148. The number of hydrogen-bond donors (Lipinski definition) is 1. The van der Waals surface area contributed by atoms with Gasteiger partial charge < -0.3 is 14.5 Å². The molecule has 3 aromatic carbocycles. The number of aldehydes is 1. The summed E-state index contributed by atoms with van der Waals surface area (Å²) in [5.41, 5.74) is 1.88. The van der Waals surface area contributed by atoms with Crippen molar-refractivity contribution in [2.45, 2.75) is 19.3 Å². The van der Waals surface area contributed by atoms with E-state index in [0.29, 0.717) is 29.9 Å². The minimum Gasteiger partial charge on any atom is -0.494 e. The summed E-state index contributed by atoms with van der Waals surface area (Å²) in [6.45, 7) is 0.604. The Hall–Kier alpha value is -4.19. The van der Waals surface area contributed by atoms with E-state index < -0.39 is 0 Å². The Balaban J connectivity index is 1.34. The lowest BCUT2D eigenvalue weighted by atomic mass is 10.1. The van der Waals surface area contributed by atoms with Crippen molar-refractivity contribution >= 4 is 28.8 Å². The van der Waals surface area contributed by atoms with Crippen molar-refractivity contribution in [3.8, 4) is 5.75 Å². The number of ether oxygens (including phenoxy) is 1. The third-order valence-corrected chi connectivity index (χ3v) is 5.23. The van der Waals surface area contributed by atoms with Crippen LogP contribution in [-0.4, -0.2) is 18.8 Å². The number of amides is 1. The van der Waals surface area contributed by atoms with Crippen LogP contribution in [0.3, 0.4) is 0 Å². The molecule has 166 valence electrons. The first-order valence-electron chi connectivity index (χ1n) is 10.7. The molecule has 0 fully saturated rings. The Bertz CT molecular complexity index is 1310. The van der Waals surface area contributed by atoms with E-state index in [-0.39, 0.29) is 28.1 Å². The van der Waals surface area contributed by atoms with Gasteiger partial charge in [0, 0.05) is 11.6 Å². The number of fused-ring (bicyclic) bond motifs is 1. The lowest BCUT2D eigenvalue weighted by molar-refractivity contribution is 0.102. The highest BCUT2D eigenvalue weighted by atomic mass is 16.5. The van der Waals surface area contributed by atoms with Crippen LogP contribution in [0.2, 0.25) is 0 Å². The smallest absolute Gasteiger partial charge is 0.255 e. The summed E-state index contributed by atoms with van der Waals surface area (Å²) >= 11 is 0. The van der Waals surface area contributed by atoms with Crippen LogP contribution in [-0.2, 0) is 6.42 Å². The number of aryl methyl sites for hydroxylation is 1. The van der Waals surface area contributed by atoms with Crippen LogP contribution in [0.1, 0.15) is 39.3 Å². The van der Waals surface area contributed by atoms with Gasteiger partial charge in [-0.3, -0.25) is 14.4 Å². The summed E-state index contributed by atoms with van der Waals surface area (Å²) in [7, 11) is 0. The molecule has 0 saturated heterocycles. The second-order valence-corrected chi connectivity index (χ2v) is 7.58. The molecule has 0 radical (unpaired) electrons. The van der Waals surface area contributed by atoms with Crippen LogP contribution >= 0.6 is 0 Å². The van der Waals surface area contributed by atoms with Crippen molar-refractivity contribution in [1.29, 1.82) is 0 Å². The maximum absolute atomic E-state index is 12.7. The molecule has 1 amide bonds. The van der Waals surface area contributed by atoms with E-state index >= 15 is 0 Å². The largest absolute Gasteiger partial charge is 0.494 e. The van der Waals surface area contributed by atoms with Gasteiger partial charge in [0.05, 0.1) is 17.7 Å². The Morgan fingerprint density at radius 1 is 0.939 bits per heavy atom. The van der Waals surface area contributed by atoms with Gasteiger partial charge in [-0.15, -0.1) is 0 Å². The molecule has 1 heterocycles. The number of benzene rings is 3. The lowest BCUT2D eigenvalue weighted by Gasteiger charge is -2.09. The molecule has 6 nitrogen and oxygen atoms in total. The zero-order valence-electron chi connectivity index (χ0n) is 18.0. The summed E-state index contributed by atoms with van der Waals surface area (Å²) in [5.74, 6) is 0.230. The number of para-hydroxylation sites is 1. The quantitative estimate of drug-likeness (QED) is 0.283. The summed E-state index contributed by atoms with van der Waals surface area (Å²) in [6.07, 6.45) is 3.45. The van der Waals surface area contributed by atoms with Crippen molar-refractivity contribution in [3.63, 3.8) is 0 Å². The molecule has 33 heavy (non-hydrogen) atoms. The highest BCUT2D eigenvalue weighted by molar-refractivity contribution is 6.08. The van der Waals surface area contributed by atoms with E-state index in [1.807, 2.05) is 18.2 Å². The minimum atomic E-state index is -0.365. The first-order valence-corrected chi connectivity index (χ1v) is 10.7. The molecular weight excluding hydrogens is 418 g/mol. The molecule has 0 spiro atoms. The number of hydrogen-bond acceptors (Lipinski definition) is 5. The third kappa shape index (κ3) is 5.54. The lowest BCUT2D eigenvalue weighted by Crippen LogP contribution is -2.13. The normalized spacial score (nSPS) is 10.7. The Labute approximate surface area is 190 Å². The number of carbonyl (C=O) groups is 2. The average Bonchev–Trinajstić information content (AvgIpc) is 2.85. The van der Waals surface area contributed by atoms with Crippen LogP contribution in [0.4, 0.5) is 5.69 Å². The van der Waals surface area contributed by atoms with Gasteiger partial charge in [-0.2, -0.15) is 0 Å². The zero-order chi connectivity index (χ0) is 23.0. The summed E-state index contributed by atoms with van der Waals surface area (Å²) in [6, 6.07) is 23.2. The van der Waals surface area contributed by atoms with Gasteiger partial charge in [0.15, 0.2) is 23.1 Å². The van der Waals surface area contributed by atoms with Crippen molar-refractivity contribution < 1.29 is 18.7 Å². The average molecular weight is 441 g/mol. The first kappa shape index (κ1) is 22.0. The molecule has 1 aromatic heterocycles. The molecule has 4 rings (SSSR count).